The minimum absolute atomic E-state index is 0.153. The largest absolute Gasteiger partial charge is 0.457 e. The summed E-state index contributed by atoms with van der Waals surface area (Å²) in [6, 6.07) is 19.1. The number of nitrogens with zero attached hydrogens (tertiary/aromatic N) is 3. The van der Waals surface area contributed by atoms with Crippen LogP contribution in [0.25, 0.3) is 26.7 Å². The second-order valence-corrected chi connectivity index (χ2v) is 7.48. The molecule has 0 bridgehead atoms. The summed E-state index contributed by atoms with van der Waals surface area (Å²) >= 11 is 1.59. The van der Waals surface area contributed by atoms with E-state index in [0.29, 0.717) is 23.6 Å². The van der Waals surface area contributed by atoms with Crippen molar-refractivity contribution in [3.05, 3.63) is 90.7 Å². The molecule has 3 aromatic heterocycles. The number of para-hydroxylation sites is 1. The van der Waals surface area contributed by atoms with Crippen LogP contribution in [-0.4, -0.2) is 20.4 Å². The molecule has 142 valence electrons. The average molecular weight is 400 g/mol. The molecule has 0 spiro atoms. The van der Waals surface area contributed by atoms with Gasteiger partial charge in [0.25, 0.3) is 5.91 Å². The van der Waals surface area contributed by atoms with Crippen LogP contribution in [0.15, 0.2) is 83.8 Å². The molecule has 0 saturated carbocycles. The van der Waals surface area contributed by atoms with Crippen LogP contribution in [-0.2, 0) is 6.54 Å². The summed E-state index contributed by atoms with van der Waals surface area (Å²) in [4.78, 5) is 21.1. The van der Waals surface area contributed by atoms with Crippen molar-refractivity contribution >= 4 is 27.5 Å². The number of carbonyl (C=O) groups is 1. The number of imidazole rings is 1. The normalized spacial score (nSPS) is 11.0. The minimum atomic E-state index is -0.153. The molecule has 5 aromatic rings. The molecule has 0 saturated heterocycles. The molecule has 29 heavy (non-hydrogen) atoms. The molecule has 0 aliphatic rings. The first-order valence-electron chi connectivity index (χ1n) is 9.07. The first kappa shape index (κ1) is 17.4. The van der Waals surface area contributed by atoms with E-state index in [1.165, 1.54) is 0 Å². The summed E-state index contributed by atoms with van der Waals surface area (Å²) in [7, 11) is 0. The third-order valence-electron chi connectivity index (χ3n) is 4.52. The molecule has 0 unspecified atom stereocenters. The predicted octanol–water partition coefficient (Wildman–Crippen LogP) is 4.67. The maximum Gasteiger partial charge on any atom is 0.251 e. The maximum absolute atomic E-state index is 12.4. The van der Waals surface area contributed by atoms with E-state index in [-0.39, 0.29) is 5.91 Å². The highest BCUT2D eigenvalue weighted by atomic mass is 32.1. The van der Waals surface area contributed by atoms with Gasteiger partial charge in [-0.3, -0.25) is 4.79 Å². The summed E-state index contributed by atoms with van der Waals surface area (Å²) < 4.78 is 8.88. The van der Waals surface area contributed by atoms with Gasteiger partial charge in [0.05, 0.1) is 23.1 Å². The molecule has 2 aromatic carbocycles. The summed E-state index contributed by atoms with van der Waals surface area (Å²) in [6.45, 7) is 0.313. The average Bonchev–Trinajstić information content (AvgIpc) is 3.52. The van der Waals surface area contributed by atoms with E-state index in [0.717, 1.165) is 20.9 Å². The van der Waals surface area contributed by atoms with Gasteiger partial charge in [-0.2, -0.15) is 0 Å². The molecule has 0 fully saturated rings. The lowest BCUT2D eigenvalue weighted by atomic mass is 10.2. The Morgan fingerprint density at radius 1 is 1.07 bits per heavy atom. The van der Waals surface area contributed by atoms with Crippen molar-refractivity contribution in [1.82, 2.24) is 19.9 Å². The van der Waals surface area contributed by atoms with Crippen LogP contribution in [0.2, 0.25) is 0 Å². The van der Waals surface area contributed by atoms with Crippen molar-refractivity contribution in [2.24, 2.45) is 0 Å². The Kier molecular flexibility index (Phi) is 4.42. The molecule has 0 aliphatic heterocycles. The van der Waals surface area contributed by atoms with E-state index >= 15 is 0 Å². The van der Waals surface area contributed by atoms with E-state index in [2.05, 4.69) is 15.3 Å². The van der Waals surface area contributed by atoms with E-state index in [4.69, 9.17) is 4.42 Å². The number of hydrogen-bond donors (Lipinski definition) is 1. The summed E-state index contributed by atoms with van der Waals surface area (Å²) in [6.07, 6.45) is 5.29. The highest BCUT2D eigenvalue weighted by molar-refractivity contribution is 7.21. The van der Waals surface area contributed by atoms with Gasteiger partial charge in [0.2, 0.25) is 0 Å². The number of carbonyl (C=O) groups excluding carboxylic acids is 1. The highest BCUT2D eigenvalue weighted by Gasteiger charge is 2.12. The predicted molar refractivity (Wildman–Crippen MR) is 112 cm³/mol. The Labute approximate surface area is 170 Å². The summed E-state index contributed by atoms with van der Waals surface area (Å²) in [5, 5.41) is 3.72. The van der Waals surface area contributed by atoms with Crippen LogP contribution in [0.3, 0.4) is 0 Å². The molecule has 3 heterocycles. The second kappa shape index (κ2) is 7.37. The van der Waals surface area contributed by atoms with E-state index in [1.807, 2.05) is 59.3 Å². The number of rotatable bonds is 5. The van der Waals surface area contributed by atoms with Crippen LogP contribution in [0.4, 0.5) is 0 Å². The fraction of sp³-hybridized carbons (Fsp3) is 0.0455. The lowest BCUT2D eigenvalue weighted by molar-refractivity contribution is 0.0948. The fourth-order valence-electron chi connectivity index (χ4n) is 3.03. The topological polar surface area (TPSA) is 73.0 Å². The fourth-order valence-corrected chi connectivity index (χ4v) is 3.96. The molecule has 6 nitrogen and oxygen atoms in total. The number of nitrogens with one attached hydrogen (secondary N) is 1. The quantitative estimate of drug-likeness (QED) is 0.465. The zero-order valence-electron chi connectivity index (χ0n) is 15.3. The second-order valence-electron chi connectivity index (χ2n) is 6.45. The Morgan fingerprint density at radius 2 is 1.93 bits per heavy atom. The molecular formula is C22H16N4O2S. The zero-order valence-corrected chi connectivity index (χ0v) is 16.1. The maximum atomic E-state index is 12.4. The van der Waals surface area contributed by atoms with Gasteiger partial charge < -0.3 is 14.3 Å². The number of hydrogen-bond acceptors (Lipinski definition) is 5. The van der Waals surface area contributed by atoms with Crippen molar-refractivity contribution in [2.45, 2.75) is 6.54 Å². The number of furan rings is 1. The molecule has 0 aliphatic carbocycles. The number of thiazole rings is 1. The number of aromatic nitrogens is 3. The van der Waals surface area contributed by atoms with Gasteiger partial charge in [-0.15, -0.1) is 11.3 Å². The van der Waals surface area contributed by atoms with Crippen molar-refractivity contribution in [1.29, 1.82) is 0 Å². The lowest BCUT2D eigenvalue weighted by Crippen LogP contribution is -2.22. The minimum Gasteiger partial charge on any atom is -0.457 e. The van der Waals surface area contributed by atoms with Gasteiger partial charge in [0.1, 0.15) is 5.76 Å². The van der Waals surface area contributed by atoms with Crippen molar-refractivity contribution in [2.75, 3.05) is 0 Å². The van der Waals surface area contributed by atoms with Crippen molar-refractivity contribution in [3.8, 4) is 16.5 Å². The highest BCUT2D eigenvalue weighted by Crippen LogP contribution is 2.31. The monoisotopic (exact) mass is 400 g/mol. The molecule has 1 N–H and O–H groups in total. The Morgan fingerprint density at radius 3 is 2.72 bits per heavy atom. The van der Waals surface area contributed by atoms with E-state index in [9.17, 15) is 4.79 Å². The molecular weight excluding hydrogens is 384 g/mol. The smallest absolute Gasteiger partial charge is 0.251 e. The summed E-state index contributed by atoms with van der Waals surface area (Å²) in [5.74, 6) is 1.24. The number of fused-ring (bicyclic) bond motifs is 1. The van der Waals surface area contributed by atoms with Gasteiger partial charge in [0.15, 0.2) is 10.8 Å². The van der Waals surface area contributed by atoms with Crippen molar-refractivity contribution in [3.63, 3.8) is 0 Å². The molecule has 5 rings (SSSR count). The van der Waals surface area contributed by atoms with Crippen molar-refractivity contribution < 1.29 is 9.21 Å². The van der Waals surface area contributed by atoms with Crippen LogP contribution in [0.5, 0.6) is 0 Å². The third kappa shape index (κ3) is 3.55. The van der Waals surface area contributed by atoms with Gasteiger partial charge in [0, 0.05) is 23.6 Å². The van der Waals surface area contributed by atoms with Crippen LogP contribution < -0.4 is 5.32 Å². The van der Waals surface area contributed by atoms with Gasteiger partial charge in [-0.05, 0) is 48.5 Å². The Balaban J connectivity index is 1.25. The summed E-state index contributed by atoms with van der Waals surface area (Å²) in [5.41, 5.74) is 2.50. The van der Waals surface area contributed by atoms with Crippen LogP contribution in [0.1, 0.15) is 16.1 Å². The first-order valence-corrected chi connectivity index (χ1v) is 9.89. The number of amides is 1. The Hall–Kier alpha value is -3.71. The Bertz CT molecular complexity index is 1240. The van der Waals surface area contributed by atoms with Crippen LogP contribution >= 0.6 is 11.3 Å². The first-order chi connectivity index (χ1) is 14.3. The molecule has 1 amide bonds. The van der Waals surface area contributed by atoms with Crippen LogP contribution in [0, 0.1) is 0 Å². The van der Waals surface area contributed by atoms with E-state index in [1.54, 1.807) is 36.0 Å². The third-order valence-corrected chi connectivity index (χ3v) is 5.57. The SMILES string of the molecule is O=C(NCc1ccc(-c2nc3ccccc3s2)o1)c1ccc(-n2ccnc2)cc1. The van der Waals surface area contributed by atoms with Gasteiger partial charge >= 0.3 is 0 Å². The molecule has 0 atom stereocenters. The number of benzene rings is 2. The lowest BCUT2D eigenvalue weighted by Gasteiger charge is -2.05. The molecule has 7 heteroatoms. The molecule has 0 radical (unpaired) electrons. The zero-order chi connectivity index (χ0) is 19.6. The van der Waals surface area contributed by atoms with Gasteiger partial charge in [-0.25, -0.2) is 9.97 Å². The van der Waals surface area contributed by atoms with Gasteiger partial charge in [-0.1, -0.05) is 12.1 Å². The van der Waals surface area contributed by atoms with E-state index < -0.39 is 0 Å². The standard InChI is InChI=1S/C22H16N4O2S/c27-21(15-5-7-16(8-6-15)26-12-11-23-14-26)24-13-17-9-10-19(28-17)22-25-18-3-1-2-4-20(18)29-22/h1-12,14H,13H2,(H,24,27).